The molecular formula is C25H29ClFN3O4S. The van der Waals surface area contributed by atoms with Crippen molar-refractivity contribution in [1.82, 2.24) is 5.32 Å². The fraction of sp³-hybridized carbons (Fsp3) is 0.400. The van der Waals surface area contributed by atoms with E-state index in [1.165, 1.54) is 29.2 Å². The first-order valence-corrected chi connectivity index (χ1v) is 13.4. The SMILES string of the molecule is CC(C(=O)NC1CCCCC1)N(C(=O)CS(=O)CC(=O)Nc1ccc(F)cc1)c1ccc(Cl)cc1. The number of carbonyl (C=O) groups is 3. The minimum atomic E-state index is -1.83. The Labute approximate surface area is 211 Å². The number of rotatable bonds is 9. The zero-order chi connectivity index (χ0) is 25.4. The first kappa shape index (κ1) is 26.8. The Morgan fingerprint density at radius 3 is 2.29 bits per heavy atom. The largest absolute Gasteiger partial charge is 0.352 e. The number of carbonyl (C=O) groups excluding carboxylic acids is 3. The molecule has 3 rings (SSSR count). The molecule has 1 fully saturated rings. The van der Waals surface area contributed by atoms with Crippen LogP contribution in [0.5, 0.6) is 0 Å². The highest BCUT2D eigenvalue weighted by Crippen LogP contribution is 2.22. The van der Waals surface area contributed by atoms with E-state index < -0.39 is 46.0 Å². The minimum Gasteiger partial charge on any atom is -0.352 e. The molecule has 10 heteroatoms. The van der Waals surface area contributed by atoms with E-state index in [0.29, 0.717) is 16.4 Å². The van der Waals surface area contributed by atoms with Gasteiger partial charge in [-0.15, -0.1) is 0 Å². The Morgan fingerprint density at radius 2 is 1.66 bits per heavy atom. The van der Waals surface area contributed by atoms with Gasteiger partial charge in [0.25, 0.3) is 0 Å². The molecule has 0 aliphatic heterocycles. The Balaban J connectivity index is 1.66. The standard InChI is InChI=1S/C25H29ClFN3O4S/c1-17(25(33)29-20-5-3-2-4-6-20)30(22-13-7-18(26)8-14-22)24(32)16-35(34)15-23(31)28-21-11-9-19(27)10-12-21/h7-14,17,20H,2-6,15-16H2,1H3,(H,28,31)(H,29,33). The molecule has 188 valence electrons. The predicted molar refractivity (Wildman–Crippen MR) is 136 cm³/mol. The zero-order valence-corrected chi connectivity index (χ0v) is 21.0. The van der Waals surface area contributed by atoms with Gasteiger partial charge in [0.05, 0.1) is 0 Å². The Bertz CT molecular complexity index is 1060. The van der Waals surface area contributed by atoms with Crippen molar-refractivity contribution in [2.24, 2.45) is 0 Å². The van der Waals surface area contributed by atoms with Gasteiger partial charge in [-0.05, 0) is 68.3 Å². The van der Waals surface area contributed by atoms with Gasteiger partial charge in [0.1, 0.15) is 23.4 Å². The molecule has 1 aliphatic rings. The average molecular weight is 522 g/mol. The number of nitrogens with one attached hydrogen (secondary N) is 2. The van der Waals surface area contributed by atoms with Crippen molar-refractivity contribution in [3.63, 3.8) is 0 Å². The van der Waals surface area contributed by atoms with E-state index in [9.17, 15) is 23.0 Å². The summed E-state index contributed by atoms with van der Waals surface area (Å²) < 4.78 is 25.7. The molecule has 1 saturated carbocycles. The number of benzene rings is 2. The molecule has 0 saturated heterocycles. The molecule has 2 aromatic rings. The summed E-state index contributed by atoms with van der Waals surface area (Å²) in [5.41, 5.74) is 0.800. The van der Waals surface area contributed by atoms with E-state index in [0.717, 1.165) is 32.1 Å². The lowest BCUT2D eigenvalue weighted by Crippen LogP contribution is -2.52. The molecule has 2 N–H and O–H groups in total. The number of hydrogen-bond acceptors (Lipinski definition) is 4. The number of halogens is 2. The number of hydrogen-bond donors (Lipinski definition) is 2. The first-order valence-electron chi connectivity index (χ1n) is 11.5. The lowest BCUT2D eigenvalue weighted by Gasteiger charge is -2.31. The van der Waals surface area contributed by atoms with Crippen LogP contribution in [0.25, 0.3) is 0 Å². The van der Waals surface area contributed by atoms with Gasteiger partial charge in [0.2, 0.25) is 17.7 Å². The molecule has 35 heavy (non-hydrogen) atoms. The van der Waals surface area contributed by atoms with Crippen LogP contribution in [-0.2, 0) is 25.2 Å². The van der Waals surface area contributed by atoms with Crippen molar-refractivity contribution in [2.45, 2.75) is 51.1 Å². The van der Waals surface area contributed by atoms with Crippen molar-refractivity contribution in [2.75, 3.05) is 21.7 Å². The maximum atomic E-state index is 13.2. The predicted octanol–water partition coefficient (Wildman–Crippen LogP) is 4.04. The highest BCUT2D eigenvalue weighted by molar-refractivity contribution is 7.86. The van der Waals surface area contributed by atoms with Crippen LogP contribution >= 0.6 is 11.6 Å². The van der Waals surface area contributed by atoms with Gasteiger partial charge in [-0.25, -0.2) is 4.39 Å². The second-order valence-electron chi connectivity index (χ2n) is 8.54. The van der Waals surface area contributed by atoms with Gasteiger partial charge in [-0.3, -0.25) is 23.5 Å². The Morgan fingerprint density at radius 1 is 1.03 bits per heavy atom. The summed E-state index contributed by atoms with van der Waals surface area (Å²) >= 11 is 5.99. The molecule has 2 atom stereocenters. The number of nitrogens with zero attached hydrogens (tertiary/aromatic N) is 1. The van der Waals surface area contributed by atoms with E-state index >= 15 is 0 Å². The van der Waals surface area contributed by atoms with E-state index in [-0.39, 0.29) is 11.9 Å². The first-order chi connectivity index (χ1) is 16.7. The van der Waals surface area contributed by atoms with Crippen LogP contribution in [0.4, 0.5) is 15.8 Å². The van der Waals surface area contributed by atoms with Gasteiger partial charge in [-0.1, -0.05) is 30.9 Å². The highest BCUT2D eigenvalue weighted by Gasteiger charge is 2.30. The fourth-order valence-electron chi connectivity index (χ4n) is 4.01. The second kappa shape index (κ2) is 12.8. The van der Waals surface area contributed by atoms with Crippen LogP contribution in [0.1, 0.15) is 39.0 Å². The molecule has 0 spiro atoms. The summed E-state index contributed by atoms with van der Waals surface area (Å²) in [7, 11) is -1.83. The van der Waals surface area contributed by atoms with E-state index in [4.69, 9.17) is 11.6 Å². The van der Waals surface area contributed by atoms with Gasteiger partial charge in [0, 0.05) is 33.2 Å². The maximum Gasteiger partial charge on any atom is 0.243 e. The van der Waals surface area contributed by atoms with Crippen LogP contribution < -0.4 is 15.5 Å². The van der Waals surface area contributed by atoms with Crippen molar-refractivity contribution in [3.8, 4) is 0 Å². The van der Waals surface area contributed by atoms with E-state index in [1.807, 2.05) is 0 Å². The van der Waals surface area contributed by atoms with Crippen LogP contribution in [-0.4, -0.2) is 45.5 Å². The molecule has 1 aliphatic carbocycles. The van der Waals surface area contributed by atoms with Crippen molar-refractivity contribution < 1.29 is 23.0 Å². The molecule has 2 aromatic carbocycles. The third kappa shape index (κ3) is 8.14. The van der Waals surface area contributed by atoms with E-state index in [2.05, 4.69) is 10.6 Å². The minimum absolute atomic E-state index is 0.0742. The normalized spacial score (nSPS) is 15.6. The number of amides is 3. The monoisotopic (exact) mass is 521 g/mol. The van der Waals surface area contributed by atoms with Gasteiger partial charge in [-0.2, -0.15) is 0 Å². The lowest BCUT2D eigenvalue weighted by molar-refractivity contribution is -0.126. The number of anilines is 2. The van der Waals surface area contributed by atoms with Crippen molar-refractivity contribution >= 4 is 51.5 Å². The topological polar surface area (TPSA) is 95.6 Å². The molecule has 0 bridgehead atoms. The molecule has 0 radical (unpaired) electrons. The van der Waals surface area contributed by atoms with Crippen LogP contribution in [0.15, 0.2) is 48.5 Å². The third-order valence-corrected chi connectivity index (χ3v) is 7.20. The van der Waals surface area contributed by atoms with Crippen LogP contribution in [0.3, 0.4) is 0 Å². The molecule has 2 unspecified atom stereocenters. The average Bonchev–Trinajstić information content (AvgIpc) is 2.82. The Hall–Kier alpha value is -2.78. The smallest absolute Gasteiger partial charge is 0.243 e. The highest BCUT2D eigenvalue weighted by atomic mass is 35.5. The fourth-order valence-corrected chi connectivity index (χ4v) is 5.01. The van der Waals surface area contributed by atoms with Crippen molar-refractivity contribution in [1.29, 1.82) is 0 Å². The van der Waals surface area contributed by atoms with Gasteiger partial charge < -0.3 is 10.6 Å². The quantitative estimate of drug-likeness (QED) is 0.520. The molecule has 0 aromatic heterocycles. The second-order valence-corrected chi connectivity index (χ2v) is 10.4. The third-order valence-electron chi connectivity index (χ3n) is 5.80. The maximum absolute atomic E-state index is 13.2. The summed E-state index contributed by atoms with van der Waals surface area (Å²) in [5.74, 6) is -2.71. The summed E-state index contributed by atoms with van der Waals surface area (Å²) in [4.78, 5) is 39.7. The molecule has 7 nitrogen and oxygen atoms in total. The Kier molecular flexibility index (Phi) is 9.80. The van der Waals surface area contributed by atoms with Crippen molar-refractivity contribution in [3.05, 3.63) is 59.4 Å². The van der Waals surface area contributed by atoms with E-state index in [1.54, 1.807) is 31.2 Å². The molecule has 0 heterocycles. The summed E-state index contributed by atoms with van der Waals surface area (Å²) in [6, 6.07) is 10.8. The zero-order valence-electron chi connectivity index (χ0n) is 19.5. The van der Waals surface area contributed by atoms with Crippen LogP contribution in [0.2, 0.25) is 5.02 Å². The summed E-state index contributed by atoms with van der Waals surface area (Å²) in [6.07, 6.45) is 5.06. The van der Waals surface area contributed by atoms with Gasteiger partial charge in [0.15, 0.2) is 0 Å². The molecule has 3 amide bonds. The van der Waals surface area contributed by atoms with Crippen LogP contribution in [0, 0.1) is 5.82 Å². The lowest BCUT2D eigenvalue weighted by atomic mass is 9.95. The summed E-state index contributed by atoms with van der Waals surface area (Å²) in [6.45, 7) is 1.62. The summed E-state index contributed by atoms with van der Waals surface area (Å²) in [5, 5.41) is 6.02. The molecular weight excluding hydrogens is 493 g/mol. The van der Waals surface area contributed by atoms with Gasteiger partial charge >= 0.3 is 0 Å².